The van der Waals surface area contributed by atoms with E-state index in [-0.39, 0.29) is 0 Å². The van der Waals surface area contributed by atoms with E-state index in [1.165, 1.54) is 30.4 Å². The summed E-state index contributed by atoms with van der Waals surface area (Å²) >= 11 is 0. The standard InChI is InChI=1S/C16H26N2/c1-16(2,3)11-10-15(18-17)14-9-8-12-6-4-5-7-13(12)14/h4-7,14-15,18H,8-11,17H2,1-3H3. The lowest BCUT2D eigenvalue weighted by Crippen LogP contribution is -2.39. The number of nitrogens with one attached hydrogen (secondary N) is 1. The summed E-state index contributed by atoms with van der Waals surface area (Å²) < 4.78 is 0. The van der Waals surface area contributed by atoms with E-state index >= 15 is 0 Å². The summed E-state index contributed by atoms with van der Waals surface area (Å²) in [4.78, 5) is 0. The number of hydrazine groups is 1. The predicted molar refractivity (Wildman–Crippen MR) is 77.3 cm³/mol. The van der Waals surface area contributed by atoms with Gasteiger partial charge in [0.25, 0.3) is 0 Å². The molecule has 0 heterocycles. The summed E-state index contributed by atoms with van der Waals surface area (Å²) in [6.07, 6.45) is 4.80. The van der Waals surface area contributed by atoms with Gasteiger partial charge in [0.05, 0.1) is 0 Å². The van der Waals surface area contributed by atoms with Crippen molar-refractivity contribution < 1.29 is 0 Å². The summed E-state index contributed by atoms with van der Waals surface area (Å²) in [6.45, 7) is 6.88. The summed E-state index contributed by atoms with van der Waals surface area (Å²) in [6, 6.07) is 9.23. The van der Waals surface area contributed by atoms with Crippen LogP contribution < -0.4 is 11.3 Å². The summed E-state index contributed by atoms with van der Waals surface area (Å²) in [5.74, 6) is 6.38. The zero-order valence-corrected chi connectivity index (χ0v) is 11.9. The van der Waals surface area contributed by atoms with Gasteiger partial charge in [0.1, 0.15) is 0 Å². The van der Waals surface area contributed by atoms with Crippen molar-refractivity contribution in [3.8, 4) is 0 Å². The Morgan fingerprint density at radius 1 is 1.33 bits per heavy atom. The van der Waals surface area contributed by atoms with Crippen LogP contribution in [0, 0.1) is 5.41 Å². The molecule has 0 spiro atoms. The van der Waals surface area contributed by atoms with Crippen LogP contribution in [0.4, 0.5) is 0 Å². The summed E-state index contributed by atoms with van der Waals surface area (Å²) in [5, 5.41) is 0. The molecule has 0 saturated heterocycles. The molecule has 1 aliphatic rings. The molecule has 2 atom stereocenters. The summed E-state index contributed by atoms with van der Waals surface area (Å²) in [5.41, 5.74) is 6.46. The number of hydrogen-bond donors (Lipinski definition) is 2. The van der Waals surface area contributed by atoms with Gasteiger partial charge in [-0.2, -0.15) is 0 Å². The van der Waals surface area contributed by atoms with Crippen LogP contribution in [-0.4, -0.2) is 6.04 Å². The quantitative estimate of drug-likeness (QED) is 0.631. The number of hydrogen-bond acceptors (Lipinski definition) is 2. The molecule has 0 bridgehead atoms. The maximum absolute atomic E-state index is 5.79. The molecule has 0 aliphatic heterocycles. The SMILES string of the molecule is CC(C)(C)CCC(NN)C1CCc2ccccc21. The lowest BCUT2D eigenvalue weighted by molar-refractivity contribution is 0.309. The van der Waals surface area contributed by atoms with E-state index in [1.807, 2.05) is 0 Å². The lowest BCUT2D eigenvalue weighted by atomic mass is 9.84. The van der Waals surface area contributed by atoms with Crippen LogP contribution in [0.2, 0.25) is 0 Å². The van der Waals surface area contributed by atoms with Gasteiger partial charge in [-0.05, 0) is 42.2 Å². The molecule has 1 aliphatic carbocycles. The van der Waals surface area contributed by atoms with Gasteiger partial charge in [-0.15, -0.1) is 0 Å². The number of nitrogens with two attached hydrogens (primary N) is 1. The first-order valence-corrected chi connectivity index (χ1v) is 7.05. The minimum atomic E-state index is 0.382. The fraction of sp³-hybridized carbons (Fsp3) is 0.625. The Kier molecular flexibility index (Phi) is 4.08. The zero-order chi connectivity index (χ0) is 13.2. The van der Waals surface area contributed by atoms with Crippen LogP contribution in [-0.2, 0) is 6.42 Å². The molecular formula is C16H26N2. The highest BCUT2D eigenvalue weighted by atomic mass is 15.2. The highest BCUT2D eigenvalue weighted by Gasteiger charge is 2.29. The summed E-state index contributed by atoms with van der Waals surface area (Å²) in [7, 11) is 0. The van der Waals surface area contributed by atoms with Gasteiger partial charge in [-0.1, -0.05) is 45.0 Å². The molecule has 0 aromatic heterocycles. The van der Waals surface area contributed by atoms with E-state index in [2.05, 4.69) is 50.5 Å². The van der Waals surface area contributed by atoms with E-state index in [4.69, 9.17) is 5.84 Å². The van der Waals surface area contributed by atoms with Crippen molar-refractivity contribution in [3.05, 3.63) is 35.4 Å². The largest absolute Gasteiger partial charge is 0.271 e. The van der Waals surface area contributed by atoms with E-state index < -0.39 is 0 Å². The van der Waals surface area contributed by atoms with Gasteiger partial charge in [-0.25, -0.2) is 0 Å². The highest BCUT2D eigenvalue weighted by Crippen LogP contribution is 2.37. The van der Waals surface area contributed by atoms with Crippen LogP contribution in [0.3, 0.4) is 0 Å². The average molecular weight is 246 g/mol. The number of fused-ring (bicyclic) bond motifs is 1. The second-order valence-electron chi connectivity index (χ2n) is 6.72. The molecule has 3 N–H and O–H groups in total. The van der Waals surface area contributed by atoms with Crippen molar-refractivity contribution in [2.75, 3.05) is 0 Å². The van der Waals surface area contributed by atoms with Crippen LogP contribution in [0.15, 0.2) is 24.3 Å². The van der Waals surface area contributed by atoms with Crippen molar-refractivity contribution in [3.63, 3.8) is 0 Å². The van der Waals surface area contributed by atoms with Gasteiger partial charge >= 0.3 is 0 Å². The molecule has 0 saturated carbocycles. The molecule has 100 valence electrons. The van der Waals surface area contributed by atoms with Gasteiger partial charge in [-0.3, -0.25) is 11.3 Å². The minimum Gasteiger partial charge on any atom is -0.271 e. The highest BCUT2D eigenvalue weighted by molar-refractivity contribution is 5.35. The molecule has 0 fully saturated rings. The van der Waals surface area contributed by atoms with Gasteiger partial charge in [0.15, 0.2) is 0 Å². The number of benzene rings is 1. The van der Waals surface area contributed by atoms with Gasteiger partial charge in [0, 0.05) is 12.0 Å². The van der Waals surface area contributed by atoms with Crippen molar-refractivity contribution in [1.29, 1.82) is 0 Å². The minimum absolute atomic E-state index is 0.382. The fourth-order valence-electron chi connectivity index (χ4n) is 3.00. The molecule has 1 aromatic rings. The van der Waals surface area contributed by atoms with Crippen molar-refractivity contribution in [1.82, 2.24) is 5.43 Å². The lowest BCUT2D eigenvalue weighted by Gasteiger charge is -2.27. The molecule has 2 heteroatoms. The van der Waals surface area contributed by atoms with Crippen LogP contribution in [0.5, 0.6) is 0 Å². The Morgan fingerprint density at radius 3 is 2.72 bits per heavy atom. The Labute approximate surface area is 111 Å². The second kappa shape index (κ2) is 5.41. The van der Waals surface area contributed by atoms with E-state index in [0.717, 1.165) is 6.42 Å². The monoisotopic (exact) mass is 246 g/mol. The first-order valence-electron chi connectivity index (χ1n) is 7.05. The van der Waals surface area contributed by atoms with E-state index in [0.29, 0.717) is 17.4 Å². The normalized spacial score (nSPS) is 20.8. The number of rotatable bonds is 4. The Bertz CT molecular complexity index is 392. The van der Waals surface area contributed by atoms with Crippen molar-refractivity contribution in [2.24, 2.45) is 11.3 Å². The predicted octanol–water partition coefficient (Wildman–Crippen LogP) is 3.37. The van der Waals surface area contributed by atoms with E-state index in [1.54, 1.807) is 0 Å². The smallest absolute Gasteiger partial charge is 0.0279 e. The third-order valence-corrected chi connectivity index (χ3v) is 4.08. The Balaban J connectivity index is 2.06. The molecule has 0 radical (unpaired) electrons. The molecule has 2 unspecified atom stereocenters. The maximum atomic E-state index is 5.79. The Hall–Kier alpha value is -0.860. The van der Waals surface area contributed by atoms with E-state index in [9.17, 15) is 0 Å². The Morgan fingerprint density at radius 2 is 2.06 bits per heavy atom. The molecule has 18 heavy (non-hydrogen) atoms. The first-order chi connectivity index (χ1) is 8.51. The third-order valence-electron chi connectivity index (χ3n) is 4.08. The van der Waals surface area contributed by atoms with Gasteiger partial charge < -0.3 is 0 Å². The zero-order valence-electron chi connectivity index (χ0n) is 11.9. The van der Waals surface area contributed by atoms with Gasteiger partial charge in [0.2, 0.25) is 0 Å². The molecule has 2 nitrogen and oxygen atoms in total. The van der Waals surface area contributed by atoms with Crippen LogP contribution in [0.1, 0.15) is 57.1 Å². The third kappa shape index (κ3) is 3.12. The van der Waals surface area contributed by atoms with Crippen molar-refractivity contribution in [2.45, 2.75) is 58.4 Å². The van der Waals surface area contributed by atoms with Crippen molar-refractivity contribution >= 4 is 0 Å². The van der Waals surface area contributed by atoms with Crippen LogP contribution >= 0.6 is 0 Å². The van der Waals surface area contributed by atoms with Crippen LogP contribution in [0.25, 0.3) is 0 Å². The maximum Gasteiger partial charge on any atom is 0.0279 e. The second-order valence-corrected chi connectivity index (χ2v) is 6.72. The average Bonchev–Trinajstić information content (AvgIpc) is 2.73. The molecule has 0 amide bonds. The fourth-order valence-corrected chi connectivity index (χ4v) is 3.00. The molecular weight excluding hydrogens is 220 g/mol. The molecule has 2 rings (SSSR count). The molecule has 1 aromatic carbocycles. The number of aryl methyl sites for hydroxylation is 1. The first kappa shape index (κ1) is 13.6. The topological polar surface area (TPSA) is 38.0 Å².